The summed E-state index contributed by atoms with van der Waals surface area (Å²) in [6.07, 6.45) is 69.7. The van der Waals surface area contributed by atoms with Crippen molar-refractivity contribution in [1.29, 1.82) is 0 Å². The molecule has 0 fully saturated rings. The number of esters is 1. The molecule has 0 heterocycles. The van der Waals surface area contributed by atoms with Crippen LogP contribution in [0.25, 0.3) is 0 Å². The highest BCUT2D eigenvalue weighted by atomic mass is 16.5. The fourth-order valence-corrected chi connectivity index (χ4v) is 8.48. The number of ether oxygens (including phenoxy) is 1. The molecule has 388 valence electrons. The van der Waals surface area contributed by atoms with Crippen molar-refractivity contribution in [3.63, 3.8) is 0 Å². The van der Waals surface area contributed by atoms with Gasteiger partial charge in [-0.15, -0.1) is 0 Å². The first-order valence-electron chi connectivity index (χ1n) is 28.7. The molecule has 3 N–H and O–H groups in total. The minimum Gasteiger partial charge on any atom is -0.462 e. The first-order chi connectivity index (χ1) is 33.0. The van der Waals surface area contributed by atoms with Crippen molar-refractivity contribution in [3.8, 4) is 0 Å². The molecule has 0 aromatic heterocycles. The average molecular weight is 937 g/mol. The van der Waals surface area contributed by atoms with Crippen LogP contribution >= 0.6 is 0 Å². The Hall–Kier alpha value is -2.70. The normalized spacial score (nSPS) is 13.7. The number of rotatable bonds is 51. The molecule has 0 bridgehead atoms. The molecule has 0 aliphatic rings. The average Bonchev–Trinajstić information content (AvgIpc) is 3.32. The zero-order chi connectivity index (χ0) is 48.8. The molecule has 0 radical (unpaired) electrons. The van der Waals surface area contributed by atoms with Gasteiger partial charge in [-0.3, -0.25) is 9.59 Å². The zero-order valence-electron chi connectivity index (χ0n) is 44.3. The minimum absolute atomic E-state index is 0.0318. The Balaban J connectivity index is 4.62. The second-order valence-corrected chi connectivity index (χ2v) is 19.3. The molecule has 0 saturated carbocycles. The van der Waals surface area contributed by atoms with Gasteiger partial charge in [-0.25, -0.2) is 0 Å². The van der Waals surface area contributed by atoms with Crippen LogP contribution in [0.5, 0.6) is 0 Å². The summed E-state index contributed by atoms with van der Waals surface area (Å²) < 4.78 is 5.92. The standard InChI is InChI=1S/C61H109NO5/c1-4-7-10-13-16-19-22-25-28-30-31-33-36-39-42-45-48-51-54-61(66)67-57(52-49-46-43-40-37-34-27-24-21-18-15-12-9-6-3)55-60(65)62-58(56-63)59(64)53-50-47-44-41-38-35-32-29-26-23-20-17-14-11-8-5-2/h9,12,18,21,27-28,30-31,33-34,40,43,57-59,63-64H,4-8,10-11,13-17,19-20,22-26,29,32,35-39,41-42,44-56H2,1-3H3,(H,62,65)/b12-9+,21-18+,30-28+,33-31+,34-27+,43-40+. The van der Waals surface area contributed by atoms with Crippen molar-refractivity contribution in [3.05, 3.63) is 72.9 Å². The van der Waals surface area contributed by atoms with Crippen LogP contribution in [0.2, 0.25) is 0 Å². The largest absolute Gasteiger partial charge is 0.462 e. The first-order valence-corrected chi connectivity index (χ1v) is 28.7. The second-order valence-electron chi connectivity index (χ2n) is 19.3. The van der Waals surface area contributed by atoms with E-state index in [4.69, 9.17) is 4.74 Å². The van der Waals surface area contributed by atoms with Gasteiger partial charge in [0.05, 0.1) is 25.2 Å². The summed E-state index contributed by atoms with van der Waals surface area (Å²) in [7, 11) is 0. The molecule has 1 amide bonds. The number of aliphatic hydroxyl groups excluding tert-OH is 2. The molecule has 0 aromatic rings. The van der Waals surface area contributed by atoms with Gasteiger partial charge < -0.3 is 20.3 Å². The third kappa shape index (κ3) is 49.5. The van der Waals surface area contributed by atoms with Crippen molar-refractivity contribution < 1.29 is 24.5 Å². The number of amides is 1. The van der Waals surface area contributed by atoms with Gasteiger partial charge in [-0.1, -0.05) is 254 Å². The number of hydrogen-bond donors (Lipinski definition) is 3. The Bertz CT molecular complexity index is 1230. The number of allylic oxidation sites excluding steroid dienone is 12. The number of hydrogen-bond acceptors (Lipinski definition) is 5. The molecule has 0 spiro atoms. The van der Waals surface area contributed by atoms with Gasteiger partial charge in [-0.2, -0.15) is 0 Å². The first kappa shape index (κ1) is 64.3. The highest BCUT2D eigenvalue weighted by molar-refractivity contribution is 5.77. The molecule has 6 heteroatoms. The van der Waals surface area contributed by atoms with Crippen LogP contribution < -0.4 is 5.32 Å². The maximum atomic E-state index is 13.3. The fourth-order valence-electron chi connectivity index (χ4n) is 8.48. The molecule has 0 rings (SSSR count). The van der Waals surface area contributed by atoms with E-state index in [1.807, 2.05) is 0 Å². The van der Waals surface area contributed by atoms with Gasteiger partial charge >= 0.3 is 5.97 Å². The summed E-state index contributed by atoms with van der Waals surface area (Å²) in [4.78, 5) is 26.2. The molecule has 3 atom stereocenters. The molecule has 0 aromatic carbocycles. The van der Waals surface area contributed by atoms with E-state index in [2.05, 4.69) is 99.0 Å². The van der Waals surface area contributed by atoms with E-state index in [-0.39, 0.29) is 24.9 Å². The van der Waals surface area contributed by atoms with Crippen LogP contribution in [0.4, 0.5) is 0 Å². The lowest BCUT2D eigenvalue weighted by atomic mass is 10.0. The van der Waals surface area contributed by atoms with Crippen molar-refractivity contribution in [1.82, 2.24) is 5.32 Å². The number of carbonyl (C=O) groups is 2. The third-order valence-corrected chi connectivity index (χ3v) is 12.8. The molecule has 67 heavy (non-hydrogen) atoms. The van der Waals surface area contributed by atoms with Gasteiger partial charge in [0.25, 0.3) is 0 Å². The van der Waals surface area contributed by atoms with Crippen LogP contribution in [0.1, 0.15) is 278 Å². The second kappa shape index (κ2) is 54.2. The predicted molar refractivity (Wildman–Crippen MR) is 291 cm³/mol. The smallest absolute Gasteiger partial charge is 0.306 e. The van der Waals surface area contributed by atoms with E-state index in [0.29, 0.717) is 19.3 Å². The van der Waals surface area contributed by atoms with Crippen LogP contribution in [-0.4, -0.2) is 46.9 Å². The third-order valence-electron chi connectivity index (χ3n) is 12.8. The number of aliphatic hydroxyl groups is 2. The van der Waals surface area contributed by atoms with E-state index in [1.165, 1.54) is 135 Å². The number of nitrogens with one attached hydrogen (secondary N) is 1. The van der Waals surface area contributed by atoms with Crippen molar-refractivity contribution in [2.75, 3.05) is 6.61 Å². The molecule has 0 aliphatic carbocycles. The fraction of sp³-hybridized carbons (Fsp3) is 0.770. The van der Waals surface area contributed by atoms with Crippen LogP contribution in [0.3, 0.4) is 0 Å². The minimum atomic E-state index is -0.808. The summed E-state index contributed by atoms with van der Waals surface area (Å²) in [6.45, 7) is 6.37. The van der Waals surface area contributed by atoms with Crippen molar-refractivity contribution in [2.45, 2.75) is 296 Å². The summed E-state index contributed by atoms with van der Waals surface area (Å²) >= 11 is 0. The maximum Gasteiger partial charge on any atom is 0.306 e. The summed E-state index contributed by atoms with van der Waals surface area (Å²) in [5, 5.41) is 23.9. The van der Waals surface area contributed by atoms with Gasteiger partial charge in [0.15, 0.2) is 0 Å². The lowest BCUT2D eigenvalue weighted by Crippen LogP contribution is -2.46. The van der Waals surface area contributed by atoms with Crippen LogP contribution in [0, 0.1) is 0 Å². The Kier molecular flexibility index (Phi) is 52.1. The molecule has 3 unspecified atom stereocenters. The van der Waals surface area contributed by atoms with E-state index in [1.54, 1.807) is 0 Å². The molecular weight excluding hydrogens is 827 g/mol. The Morgan fingerprint density at radius 1 is 0.463 bits per heavy atom. The van der Waals surface area contributed by atoms with Crippen molar-refractivity contribution in [2.24, 2.45) is 0 Å². The molecule has 0 aliphatic heterocycles. The SMILES string of the molecule is CC/C=C/C/C=C/C/C=C/C/C=C/CCCC(CC(=O)NC(CO)C(O)CCCCCCCCCCCCCCCCCC)OC(=O)CCCCCCC/C=C/C=C/CCCCCCCCC. The number of unbranched alkanes of at least 4 members (excludes halogenated alkanes) is 28. The van der Waals surface area contributed by atoms with E-state index in [0.717, 1.165) is 96.3 Å². The molecule has 0 saturated heterocycles. The maximum absolute atomic E-state index is 13.3. The van der Waals surface area contributed by atoms with Crippen molar-refractivity contribution >= 4 is 11.9 Å². The highest BCUT2D eigenvalue weighted by Gasteiger charge is 2.24. The zero-order valence-corrected chi connectivity index (χ0v) is 44.3. The Labute approximate surface area is 415 Å². The molecular formula is C61H109NO5. The van der Waals surface area contributed by atoms with Gasteiger partial charge in [0.2, 0.25) is 5.91 Å². The topological polar surface area (TPSA) is 95.9 Å². The van der Waals surface area contributed by atoms with E-state index in [9.17, 15) is 19.8 Å². The predicted octanol–water partition coefficient (Wildman–Crippen LogP) is 17.7. The quantitative estimate of drug-likeness (QED) is 0.0244. The summed E-state index contributed by atoms with van der Waals surface area (Å²) in [5.41, 5.74) is 0. The van der Waals surface area contributed by atoms with Crippen LogP contribution in [0.15, 0.2) is 72.9 Å². The summed E-state index contributed by atoms with van der Waals surface area (Å²) in [5.74, 6) is -0.543. The van der Waals surface area contributed by atoms with E-state index < -0.39 is 18.2 Å². The van der Waals surface area contributed by atoms with Gasteiger partial charge in [-0.05, 0) is 83.5 Å². The van der Waals surface area contributed by atoms with Gasteiger partial charge in [0, 0.05) is 6.42 Å². The highest BCUT2D eigenvalue weighted by Crippen LogP contribution is 2.17. The van der Waals surface area contributed by atoms with Crippen LogP contribution in [-0.2, 0) is 14.3 Å². The van der Waals surface area contributed by atoms with Gasteiger partial charge in [0.1, 0.15) is 6.10 Å². The molecule has 6 nitrogen and oxygen atoms in total. The Morgan fingerprint density at radius 2 is 0.866 bits per heavy atom. The monoisotopic (exact) mass is 936 g/mol. The van der Waals surface area contributed by atoms with E-state index >= 15 is 0 Å². The lowest BCUT2D eigenvalue weighted by molar-refractivity contribution is -0.151. The Morgan fingerprint density at radius 3 is 1.33 bits per heavy atom. The lowest BCUT2D eigenvalue weighted by Gasteiger charge is -2.24. The summed E-state index contributed by atoms with van der Waals surface area (Å²) in [6, 6.07) is -0.726. The number of carbonyl (C=O) groups excluding carboxylic acids is 2.